The van der Waals surface area contributed by atoms with Gasteiger partial charge in [-0.15, -0.1) is 0 Å². The molecule has 2 heterocycles. The standard InChI is InChI=1S/C18H23N3O2/c1-12-13(2)21(10-9-19-12)17(22)11-16-14(3)23-18(20-16)15-7-5-4-6-8-15/h4-8,12-13,19H,9-11H2,1-3H3. The van der Waals surface area contributed by atoms with Gasteiger partial charge in [0.25, 0.3) is 0 Å². The van der Waals surface area contributed by atoms with Gasteiger partial charge >= 0.3 is 0 Å². The molecule has 1 N–H and O–H groups in total. The van der Waals surface area contributed by atoms with Crippen molar-refractivity contribution >= 4 is 5.91 Å². The third-order valence-corrected chi connectivity index (χ3v) is 4.59. The molecular weight excluding hydrogens is 290 g/mol. The first-order valence-electron chi connectivity index (χ1n) is 8.11. The van der Waals surface area contributed by atoms with E-state index in [0.29, 0.717) is 24.1 Å². The van der Waals surface area contributed by atoms with Gasteiger partial charge in [-0.05, 0) is 32.9 Å². The maximum atomic E-state index is 12.6. The minimum absolute atomic E-state index is 0.113. The Morgan fingerprint density at radius 3 is 2.83 bits per heavy atom. The number of amides is 1. The Morgan fingerprint density at radius 1 is 1.35 bits per heavy atom. The minimum atomic E-state index is 0.113. The number of carbonyl (C=O) groups is 1. The van der Waals surface area contributed by atoms with Crippen molar-refractivity contribution < 1.29 is 9.21 Å². The normalized spacial score (nSPS) is 21.4. The van der Waals surface area contributed by atoms with Crippen LogP contribution in [0.4, 0.5) is 0 Å². The van der Waals surface area contributed by atoms with Gasteiger partial charge in [0.15, 0.2) is 0 Å². The van der Waals surface area contributed by atoms with E-state index in [2.05, 4.69) is 24.1 Å². The van der Waals surface area contributed by atoms with Gasteiger partial charge in [-0.3, -0.25) is 4.79 Å². The van der Waals surface area contributed by atoms with E-state index in [1.165, 1.54) is 0 Å². The van der Waals surface area contributed by atoms with Gasteiger partial charge in [0.2, 0.25) is 11.8 Å². The largest absolute Gasteiger partial charge is 0.441 e. The molecule has 2 atom stereocenters. The molecule has 0 aliphatic carbocycles. The minimum Gasteiger partial charge on any atom is -0.441 e. The number of hydrogen-bond acceptors (Lipinski definition) is 4. The lowest BCUT2D eigenvalue weighted by molar-refractivity contribution is -0.134. The fourth-order valence-corrected chi connectivity index (χ4v) is 2.95. The molecule has 5 nitrogen and oxygen atoms in total. The van der Waals surface area contributed by atoms with E-state index in [1.54, 1.807) is 0 Å². The number of nitrogens with zero attached hydrogens (tertiary/aromatic N) is 2. The second-order valence-electron chi connectivity index (χ2n) is 6.14. The molecule has 1 aliphatic heterocycles. The Morgan fingerprint density at radius 2 is 2.09 bits per heavy atom. The predicted molar refractivity (Wildman–Crippen MR) is 89.0 cm³/mol. The highest BCUT2D eigenvalue weighted by Crippen LogP contribution is 2.22. The lowest BCUT2D eigenvalue weighted by Gasteiger charge is -2.38. The zero-order valence-corrected chi connectivity index (χ0v) is 13.9. The second kappa shape index (κ2) is 6.54. The maximum absolute atomic E-state index is 12.6. The van der Waals surface area contributed by atoms with Crippen LogP contribution in [0.15, 0.2) is 34.7 Å². The number of benzene rings is 1. The number of hydrogen-bond donors (Lipinski definition) is 1. The summed E-state index contributed by atoms with van der Waals surface area (Å²) in [5.41, 5.74) is 1.66. The van der Waals surface area contributed by atoms with Crippen LogP contribution >= 0.6 is 0 Å². The van der Waals surface area contributed by atoms with Crippen molar-refractivity contribution in [3.05, 3.63) is 41.8 Å². The summed E-state index contributed by atoms with van der Waals surface area (Å²) in [5.74, 6) is 1.41. The van der Waals surface area contributed by atoms with Crippen molar-refractivity contribution in [3.8, 4) is 11.5 Å². The SMILES string of the molecule is Cc1oc(-c2ccccc2)nc1CC(=O)N1CCNC(C)C1C. The van der Waals surface area contributed by atoms with Gasteiger partial charge in [-0.25, -0.2) is 4.98 Å². The summed E-state index contributed by atoms with van der Waals surface area (Å²) in [7, 11) is 0. The first-order chi connectivity index (χ1) is 11.1. The zero-order chi connectivity index (χ0) is 16.4. The second-order valence-corrected chi connectivity index (χ2v) is 6.14. The van der Waals surface area contributed by atoms with Gasteiger partial charge in [0.1, 0.15) is 5.76 Å². The van der Waals surface area contributed by atoms with Crippen molar-refractivity contribution in [3.63, 3.8) is 0 Å². The van der Waals surface area contributed by atoms with Crippen LogP contribution < -0.4 is 5.32 Å². The number of aromatic nitrogens is 1. The third kappa shape index (κ3) is 3.29. The van der Waals surface area contributed by atoms with Crippen LogP contribution in [0, 0.1) is 6.92 Å². The molecule has 0 bridgehead atoms. The fraction of sp³-hybridized carbons (Fsp3) is 0.444. The van der Waals surface area contributed by atoms with Crippen LogP contribution in [0.3, 0.4) is 0 Å². The summed E-state index contributed by atoms with van der Waals surface area (Å²) in [5, 5.41) is 3.39. The van der Waals surface area contributed by atoms with E-state index >= 15 is 0 Å². The Kier molecular flexibility index (Phi) is 4.48. The van der Waals surface area contributed by atoms with Gasteiger partial charge in [-0.1, -0.05) is 18.2 Å². The Bertz CT molecular complexity index is 681. The summed E-state index contributed by atoms with van der Waals surface area (Å²) in [4.78, 5) is 19.1. The van der Waals surface area contributed by atoms with Gasteiger partial charge in [-0.2, -0.15) is 0 Å². The summed E-state index contributed by atoms with van der Waals surface area (Å²) < 4.78 is 5.74. The number of carbonyl (C=O) groups excluding carboxylic acids is 1. The zero-order valence-electron chi connectivity index (χ0n) is 13.9. The van der Waals surface area contributed by atoms with Crippen molar-refractivity contribution in [1.82, 2.24) is 15.2 Å². The molecule has 2 unspecified atom stereocenters. The quantitative estimate of drug-likeness (QED) is 0.945. The van der Waals surface area contributed by atoms with Crippen molar-refractivity contribution in [1.29, 1.82) is 0 Å². The molecule has 2 aromatic rings. The number of nitrogens with one attached hydrogen (secondary N) is 1. The van der Waals surface area contributed by atoms with Gasteiger partial charge < -0.3 is 14.6 Å². The van der Waals surface area contributed by atoms with Crippen molar-refractivity contribution in [2.75, 3.05) is 13.1 Å². The van der Waals surface area contributed by atoms with Gasteiger partial charge in [0.05, 0.1) is 12.1 Å². The van der Waals surface area contributed by atoms with Crippen molar-refractivity contribution in [2.45, 2.75) is 39.3 Å². The monoisotopic (exact) mass is 313 g/mol. The molecule has 1 fully saturated rings. The Labute approximate surface area is 136 Å². The summed E-state index contributed by atoms with van der Waals surface area (Å²) in [6.45, 7) is 7.64. The maximum Gasteiger partial charge on any atom is 0.229 e. The molecule has 0 saturated carbocycles. The molecule has 122 valence electrons. The molecular formula is C18H23N3O2. The van der Waals surface area contributed by atoms with Crippen LogP contribution in [0.5, 0.6) is 0 Å². The number of rotatable bonds is 3. The molecule has 1 amide bonds. The summed E-state index contributed by atoms with van der Waals surface area (Å²) in [6.07, 6.45) is 0.291. The fourth-order valence-electron chi connectivity index (χ4n) is 2.95. The van der Waals surface area contributed by atoms with E-state index in [4.69, 9.17) is 4.42 Å². The lowest BCUT2D eigenvalue weighted by Crippen LogP contribution is -2.57. The van der Waals surface area contributed by atoms with Crippen LogP contribution in [0.2, 0.25) is 0 Å². The third-order valence-electron chi connectivity index (χ3n) is 4.59. The molecule has 3 rings (SSSR count). The highest BCUT2D eigenvalue weighted by atomic mass is 16.4. The highest BCUT2D eigenvalue weighted by Gasteiger charge is 2.29. The Balaban J connectivity index is 1.75. The molecule has 0 radical (unpaired) electrons. The average Bonchev–Trinajstić information content (AvgIpc) is 2.92. The van der Waals surface area contributed by atoms with E-state index in [-0.39, 0.29) is 11.9 Å². The molecule has 1 aliphatic rings. The van der Waals surface area contributed by atoms with E-state index < -0.39 is 0 Å². The number of piperazine rings is 1. The number of oxazole rings is 1. The summed E-state index contributed by atoms with van der Waals surface area (Å²) in [6, 6.07) is 10.3. The molecule has 23 heavy (non-hydrogen) atoms. The lowest BCUT2D eigenvalue weighted by atomic mass is 10.1. The first-order valence-corrected chi connectivity index (χ1v) is 8.11. The highest BCUT2D eigenvalue weighted by molar-refractivity contribution is 5.79. The summed E-state index contributed by atoms with van der Waals surface area (Å²) >= 11 is 0. The molecule has 0 spiro atoms. The van der Waals surface area contributed by atoms with E-state index in [9.17, 15) is 4.79 Å². The molecule has 1 saturated heterocycles. The van der Waals surface area contributed by atoms with Crippen molar-refractivity contribution in [2.24, 2.45) is 0 Å². The molecule has 1 aromatic carbocycles. The van der Waals surface area contributed by atoms with Crippen LogP contribution in [0.1, 0.15) is 25.3 Å². The Hall–Kier alpha value is -2.14. The van der Waals surface area contributed by atoms with E-state index in [1.807, 2.05) is 42.2 Å². The topological polar surface area (TPSA) is 58.4 Å². The van der Waals surface area contributed by atoms with Crippen LogP contribution in [-0.2, 0) is 11.2 Å². The number of aryl methyl sites for hydroxylation is 1. The molecule has 1 aromatic heterocycles. The van der Waals surface area contributed by atoms with Crippen LogP contribution in [0.25, 0.3) is 11.5 Å². The molecule has 5 heteroatoms. The average molecular weight is 313 g/mol. The van der Waals surface area contributed by atoms with E-state index in [0.717, 1.165) is 24.3 Å². The van der Waals surface area contributed by atoms with Gasteiger partial charge in [0, 0.05) is 30.7 Å². The first kappa shape index (κ1) is 15.7. The predicted octanol–water partition coefficient (Wildman–Crippen LogP) is 2.40. The van der Waals surface area contributed by atoms with Crippen LogP contribution in [-0.4, -0.2) is 41.0 Å². The smallest absolute Gasteiger partial charge is 0.229 e.